The number of nitriles is 1. The van der Waals surface area contributed by atoms with E-state index in [1.54, 1.807) is 35.6 Å². The van der Waals surface area contributed by atoms with Crippen molar-refractivity contribution in [1.82, 2.24) is 9.88 Å². The zero-order valence-corrected chi connectivity index (χ0v) is 15.7. The Hall–Kier alpha value is -2.75. The molecule has 1 amide bonds. The summed E-state index contributed by atoms with van der Waals surface area (Å²) in [5.74, 6) is -0.0573. The molecular weight excluding hydrogens is 356 g/mol. The van der Waals surface area contributed by atoms with Crippen LogP contribution in [0.1, 0.15) is 35.9 Å². The number of nitrogens with zero attached hydrogens (tertiary/aromatic N) is 3. The van der Waals surface area contributed by atoms with Crippen molar-refractivity contribution in [2.24, 2.45) is 0 Å². The van der Waals surface area contributed by atoms with Crippen LogP contribution in [0.5, 0.6) is 0 Å². The van der Waals surface area contributed by atoms with Gasteiger partial charge in [0.2, 0.25) is 5.91 Å². The Morgan fingerprint density at radius 1 is 1.26 bits per heavy atom. The van der Waals surface area contributed by atoms with Crippen molar-refractivity contribution in [1.29, 1.82) is 5.26 Å². The van der Waals surface area contributed by atoms with Crippen LogP contribution in [0.4, 0.5) is 5.69 Å². The molecule has 0 spiro atoms. The second kappa shape index (κ2) is 7.87. The Labute approximate surface area is 162 Å². The van der Waals surface area contributed by atoms with Crippen molar-refractivity contribution in [3.63, 3.8) is 0 Å². The minimum atomic E-state index is -0.0573. The molecule has 0 unspecified atom stereocenters. The summed E-state index contributed by atoms with van der Waals surface area (Å²) in [6.07, 6.45) is 3.28. The van der Waals surface area contributed by atoms with Crippen LogP contribution in [0, 0.1) is 11.3 Å². The van der Waals surface area contributed by atoms with E-state index in [0.29, 0.717) is 17.8 Å². The van der Waals surface area contributed by atoms with Gasteiger partial charge >= 0.3 is 0 Å². The molecule has 1 aliphatic rings. The van der Waals surface area contributed by atoms with Gasteiger partial charge in [0, 0.05) is 5.69 Å². The van der Waals surface area contributed by atoms with Crippen molar-refractivity contribution in [2.45, 2.75) is 25.3 Å². The molecule has 1 atom stereocenters. The van der Waals surface area contributed by atoms with Gasteiger partial charge in [0.15, 0.2) is 0 Å². The number of aromatic nitrogens is 1. The molecule has 0 saturated carbocycles. The van der Waals surface area contributed by atoms with E-state index in [2.05, 4.69) is 22.4 Å². The van der Waals surface area contributed by atoms with E-state index in [1.165, 1.54) is 4.70 Å². The highest BCUT2D eigenvalue weighted by Crippen LogP contribution is 2.35. The maximum atomic E-state index is 12.6. The third kappa shape index (κ3) is 4.00. The van der Waals surface area contributed by atoms with Crippen LogP contribution in [0.3, 0.4) is 0 Å². The van der Waals surface area contributed by atoms with E-state index in [0.717, 1.165) is 36.3 Å². The Balaban J connectivity index is 1.48. The number of nitrogens with one attached hydrogen (secondary N) is 1. The number of hydrogen-bond acceptors (Lipinski definition) is 5. The van der Waals surface area contributed by atoms with Gasteiger partial charge in [0.05, 0.1) is 34.4 Å². The molecule has 136 valence electrons. The maximum absolute atomic E-state index is 12.6. The Kier molecular flexibility index (Phi) is 5.14. The van der Waals surface area contributed by atoms with Gasteiger partial charge in [0.1, 0.15) is 5.01 Å². The van der Waals surface area contributed by atoms with Crippen LogP contribution in [-0.4, -0.2) is 28.9 Å². The van der Waals surface area contributed by atoms with Crippen molar-refractivity contribution in [2.75, 3.05) is 18.4 Å². The number of rotatable bonds is 4. The molecule has 27 heavy (non-hydrogen) atoms. The quantitative estimate of drug-likeness (QED) is 0.736. The number of thiazole rings is 1. The topological polar surface area (TPSA) is 69.0 Å². The first-order valence-electron chi connectivity index (χ1n) is 9.12. The predicted molar refractivity (Wildman–Crippen MR) is 108 cm³/mol. The molecular formula is C21H20N4OS. The van der Waals surface area contributed by atoms with Crippen molar-refractivity contribution in [3.8, 4) is 6.07 Å². The Morgan fingerprint density at radius 2 is 2.15 bits per heavy atom. The van der Waals surface area contributed by atoms with Gasteiger partial charge in [-0.3, -0.25) is 9.69 Å². The average molecular weight is 376 g/mol. The molecule has 1 aromatic heterocycles. The van der Waals surface area contributed by atoms with Gasteiger partial charge in [-0.2, -0.15) is 5.26 Å². The fourth-order valence-electron chi connectivity index (χ4n) is 3.54. The zero-order chi connectivity index (χ0) is 18.6. The van der Waals surface area contributed by atoms with E-state index in [1.807, 2.05) is 18.2 Å². The Morgan fingerprint density at radius 3 is 3.00 bits per heavy atom. The van der Waals surface area contributed by atoms with Crippen LogP contribution in [0.2, 0.25) is 0 Å². The first-order valence-corrected chi connectivity index (χ1v) is 9.94. The summed E-state index contributed by atoms with van der Waals surface area (Å²) >= 11 is 1.72. The van der Waals surface area contributed by atoms with Gasteiger partial charge in [-0.1, -0.05) is 24.6 Å². The minimum Gasteiger partial charge on any atom is -0.325 e. The van der Waals surface area contributed by atoms with Gasteiger partial charge in [0.25, 0.3) is 0 Å². The van der Waals surface area contributed by atoms with E-state index in [-0.39, 0.29) is 11.9 Å². The van der Waals surface area contributed by atoms with E-state index >= 15 is 0 Å². The van der Waals surface area contributed by atoms with Crippen molar-refractivity contribution in [3.05, 3.63) is 59.1 Å². The van der Waals surface area contributed by atoms with E-state index < -0.39 is 0 Å². The van der Waals surface area contributed by atoms with Crippen molar-refractivity contribution >= 4 is 33.1 Å². The zero-order valence-electron chi connectivity index (χ0n) is 14.9. The molecule has 6 heteroatoms. The monoisotopic (exact) mass is 376 g/mol. The second-order valence-electron chi connectivity index (χ2n) is 6.74. The van der Waals surface area contributed by atoms with Gasteiger partial charge in [-0.25, -0.2) is 4.98 Å². The number of anilines is 1. The number of likely N-dealkylation sites (tertiary alicyclic amines) is 1. The molecule has 3 aromatic rings. The lowest BCUT2D eigenvalue weighted by atomic mass is 10.0. The summed E-state index contributed by atoms with van der Waals surface area (Å²) in [5.41, 5.74) is 2.23. The lowest BCUT2D eigenvalue weighted by Gasteiger charge is -2.33. The van der Waals surface area contributed by atoms with Crippen LogP contribution >= 0.6 is 11.3 Å². The van der Waals surface area contributed by atoms with Crippen molar-refractivity contribution < 1.29 is 4.79 Å². The lowest BCUT2D eigenvalue weighted by molar-refractivity contribution is -0.118. The largest absolute Gasteiger partial charge is 0.325 e. The molecule has 1 fully saturated rings. The van der Waals surface area contributed by atoms with Crippen LogP contribution in [0.25, 0.3) is 10.2 Å². The van der Waals surface area contributed by atoms with E-state index in [4.69, 9.17) is 10.2 Å². The van der Waals surface area contributed by atoms with Gasteiger partial charge in [-0.15, -0.1) is 11.3 Å². The normalized spacial score (nSPS) is 17.5. The molecule has 2 aromatic carbocycles. The number of hydrogen-bond donors (Lipinski definition) is 1. The number of carbonyl (C=O) groups excluding carboxylic acids is 1. The molecule has 0 aliphatic carbocycles. The fourth-order valence-corrected chi connectivity index (χ4v) is 4.68. The number of fused-ring (bicyclic) bond motifs is 1. The number of carbonyl (C=O) groups is 1. The molecule has 1 N–H and O–H groups in total. The maximum Gasteiger partial charge on any atom is 0.238 e. The third-order valence-electron chi connectivity index (χ3n) is 4.83. The average Bonchev–Trinajstić information content (AvgIpc) is 3.12. The molecule has 1 aliphatic heterocycles. The highest BCUT2D eigenvalue weighted by atomic mass is 32.1. The minimum absolute atomic E-state index is 0.0573. The lowest BCUT2D eigenvalue weighted by Crippen LogP contribution is -2.39. The predicted octanol–water partition coefficient (Wildman–Crippen LogP) is 4.33. The first-order chi connectivity index (χ1) is 13.2. The fraction of sp³-hybridized carbons (Fsp3) is 0.286. The molecule has 5 nitrogen and oxygen atoms in total. The molecule has 2 heterocycles. The summed E-state index contributed by atoms with van der Waals surface area (Å²) < 4.78 is 1.19. The summed E-state index contributed by atoms with van der Waals surface area (Å²) in [4.78, 5) is 19.6. The summed E-state index contributed by atoms with van der Waals surface area (Å²) in [6, 6.07) is 17.5. The number of piperidine rings is 1. The third-order valence-corrected chi connectivity index (χ3v) is 5.97. The highest BCUT2D eigenvalue weighted by molar-refractivity contribution is 7.18. The molecule has 1 saturated heterocycles. The molecule has 0 radical (unpaired) electrons. The standard InChI is InChI=1S/C21H20N4OS/c22-13-15-6-5-7-16(12-15)23-20(26)14-25-11-4-3-9-18(25)21-24-17-8-1-2-10-19(17)27-21/h1-2,5-8,10,12,18H,3-4,9,11,14H2,(H,23,26)/t18-/m1/s1. The highest BCUT2D eigenvalue weighted by Gasteiger charge is 2.28. The second-order valence-corrected chi connectivity index (χ2v) is 7.80. The number of amides is 1. The van der Waals surface area contributed by atoms with Crippen LogP contribution in [0.15, 0.2) is 48.5 Å². The van der Waals surface area contributed by atoms with Gasteiger partial charge in [-0.05, 0) is 49.7 Å². The van der Waals surface area contributed by atoms with E-state index in [9.17, 15) is 4.79 Å². The Bertz CT molecular complexity index is 974. The number of para-hydroxylation sites is 1. The molecule has 4 rings (SSSR count). The molecule has 0 bridgehead atoms. The summed E-state index contributed by atoms with van der Waals surface area (Å²) in [5, 5.41) is 13.0. The summed E-state index contributed by atoms with van der Waals surface area (Å²) in [6.45, 7) is 1.23. The SMILES string of the molecule is N#Cc1cccc(NC(=O)CN2CCCC[C@@H]2c2nc3ccccc3s2)c1. The van der Waals surface area contributed by atoms with Crippen LogP contribution in [-0.2, 0) is 4.79 Å². The smallest absolute Gasteiger partial charge is 0.238 e. The number of benzene rings is 2. The van der Waals surface area contributed by atoms with Gasteiger partial charge < -0.3 is 5.32 Å². The summed E-state index contributed by atoms with van der Waals surface area (Å²) in [7, 11) is 0. The van der Waals surface area contributed by atoms with Crippen LogP contribution < -0.4 is 5.32 Å². The first kappa shape index (κ1) is 17.7.